The number of thioether (sulfide) groups is 1. The molecule has 1 spiro atoms. The molecule has 0 bridgehead atoms. The fourth-order valence-corrected chi connectivity index (χ4v) is 3.05. The van der Waals surface area contributed by atoms with Crippen molar-refractivity contribution < 1.29 is 9.47 Å². The van der Waals surface area contributed by atoms with Crippen LogP contribution in [0.25, 0.3) is 0 Å². The predicted octanol–water partition coefficient (Wildman–Crippen LogP) is 1.30. The van der Waals surface area contributed by atoms with E-state index in [0.717, 1.165) is 26.2 Å². The Morgan fingerprint density at radius 2 is 2.09 bits per heavy atom. The second-order valence-electron chi connectivity index (χ2n) is 3.20. The molecular formula is C8H14O2S. The summed E-state index contributed by atoms with van der Waals surface area (Å²) in [7, 11) is 0. The van der Waals surface area contributed by atoms with Gasteiger partial charge in [-0.05, 0) is 12.2 Å². The molecule has 2 rings (SSSR count). The predicted molar refractivity (Wildman–Crippen MR) is 46.1 cm³/mol. The van der Waals surface area contributed by atoms with E-state index in [0.29, 0.717) is 0 Å². The molecule has 2 aliphatic heterocycles. The molecule has 11 heavy (non-hydrogen) atoms. The monoisotopic (exact) mass is 174 g/mol. The third-order valence-electron chi connectivity index (χ3n) is 2.41. The summed E-state index contributed by atoms with van der Waals surface area (Å²) in [5.74, 6) is 2.44. The zero-order valence-corrected chi connectivity index (χ0v) is 7.49. The zero-order chi connectivity index (χ0) is 7.57. The highest BCUT2D eigenvalue weighted by Crippen LogP contribution is 2.34. The first kappa shape index (κ1) is 7.90. The Morgan fingerprint density at radius 3 is 2.91 bits per heavy atom. The topological polar surface area (TPSA) is 18.5 Å². The Bertz CT molecular complexity index is 122. The van der Waals surface area contributed by atoms with Gasteiger partial charge >= 0.3 is 0 Å². The molecule has 0 aromatic rings. The van der Waals surface area contributed by atoms with Crippen LogP contribution in [-0.4, -0.2) is 36.9 Å². The molecule has 0 aromatic heterocycles. The van der Waals surface area contributed by atoms with E-state index >= 15 is 0 Å². The quantitative estimate of drug-likeness (QED) is 0.551. The van der Waals surface area contributed by atoms with Crippen LogP contribution in [0.2, 0.25) is 0 Å². The van der Waals surface area contributed by atoms with Gasteiger partial charge in [-0.1, -0.05) is 0 Å². The molecule has 1 unspecified atom stereocenters. The Labute approximate surface area is 71.6 Å². The van der Waals surface area contributed by atoms with Crippen molar-refractivity contribution in [2.75, 3.05) is 31.3 Å². The van der Waals surface area contributed by atoms with E-state index in [1.54, 1.807) is 0 Å². The number of ether oxygens (including phenoxy) is 2. The van der Waals surface area contributed by atoms with Crippen molar-refractivity contribution in [3.8, 4) is 0 Å². The van der Waals surface area contributed by atoms with Crippen LogP contribution < -0.4 is 0 Å². The normalized spacial score (nSPS) is 39.3. The molecule has 3 heteroatoms. The minimum atomic E-state index is 0.196. The molecule has 0 radical (unpaired) electrons. The smallest absolute Gasteiger partial charge is 0.0803 e. The highest BCUT2D eigenvalue weighted by Gasteiger charge is 2.35. The molecular weight excluding hydrogens is 160 g/mol. The fourth-order valence-electron chi connectivity index (χ4n) is 1.65. The summed E-state index contributed by atoms with van der Waals surface area (Å²) >= 11 is 2.01. The number of hydrogen-bond acceptors (Lipinski definition) is 3. The SMILES string of the molecule is C1COC2(CCO1)CCSC2. The van der Waals surface area contributed by atoms with Crippen LogP contribution in [0.5, 0.6) is 0 Å². The minimum absolute atomic E-state index is 0.196. The van der Waals surface area contributed by atoms with Crippen LogP contribution in [0.4, 0.5) is 0 Å². The van der Waals surface area contributed by atoms with Crippen LogP contribution in [-0.2, 0) is 9.47 Å². The second kappa shape index (κ2) is 3.33. The molecule has 0 N–H and O–H groups in total. The molecule has 2 aliphatic rings. The first-order valence-electron chi connectivity index (χ1n) is 4.21. The van der Waals surface area contributed by atoms with Crippen LogP contribution in [0.3, 0.4) is 0 Å². The van der Waals surface area contributed by atoms with Gasteiger partial charge in [0.05, 0.1) is 18.8 Å². The van der Waals surface area contributed by atoms with Crippen LogP contribution in [0.1, 0.15) is 12.8 Å². The lowest BCUT2D eigenvalue weighted by Gasteiger charge is -2.25. The van der Waals surface area contributed by atoms with Crippen LogP contribution >= 0.6 is 11.8 Å². The van der Waals surface area contributed by atoms with Crippen LogP contribution in [0.15, 0.2) is 0 Å². The van der Waals surface area contributed by atoms with Gasteiger partial charge in [-0.15, -0.1) is 0 Å². The van der Waals surface area contributed by atoms with E-state index in [9.17, 15) is 0 Å². The first-order chi connectivity index (χ1) is 5.41. The van der Waals surface area contributed by atoms with Gasteiger partial charge in [0.15, 0.2) is 0 Å². The largest absolute Gasteiger partial charge is 0.379 e. The molecule has 64 valence electrons. The standard InChI is InChI=1S/C8H14O2S/c1-3-9-4-5-10-8(1)2-6-11-7-8/h1-7H2. The van der Waals surface area contributed by atoms with Crippen molar-refractivity contribution in [1.29, 1.82) is 0 Å². The van der Waals surface area contributed by atoms with Crippen molar-refractivity contribution in [1.82, 2.24) is 0 Å². The minimum Gasteiger partial charge on any atom is -0.379 e. The van der Waals surface area contributed by atoms with Gasteiger partial charge in [0, 0.05) is 18.8 Å². The van der Waals surface area contributed by atoms with Gasteiger partial charge in [-0.2, -0.15) is 11.8 Å². The maximum atomic E-state index is 5.81. The van der Waals surface area contributed by atoms with E-state index in [-0.39, 0.29) is 5.60 Å². The van der Waals surface area contributed by atoms with Crippen molar-refractivity contribution in [3.63, 3.8) is 0 Å². The summed E-state index contributed by atoms with van der Waals surface area (Å²) < 4.78 is 11.2. The Kier molecular flexibility index (Phi) is 2.39. The van der Waals surface area contributed by atoms with Crippen LogP contribution in [0, 0.1) is 0 Å². The summed E-state index contributed by atoms with van der Waals surface area (Å²) in [6.07, 6.45) is 2.32. The van der Waals surface area contributed by atoms with Gasteiger partial charge in [0.2, 0.25) is 0 Å². The summed E-state index contributed by atoms with van der Waals surface area (Å²) in [6, 6.07) is 0. The maximum Gasteiger partial charge on any atom is 0.0803 e. The van der Waals surface area contributed by atoms with Gasteiger partial charge < -0.3 is 9.47 Å². The summed E-state index contributed by atoms with van der Waals surface area (Å²) in [4.78, 5) is 0. The van der Waals surface area contributed by atoms with Gasteiger partial charge in [0.1, 0.15) is 0 Å². The third kappa shape index (κ3) is 1.71. The summed E-state index contributed by atoms with van der Waals surface area (Å²) in [6.45, 7) is 2.47. The molecule has 0 saturated carbocycles. The molecule has 2 fully saturated rings. The van der Waals surface area contributed by atoms with Crippen molar-refractivity contribution in [2.24, 2.45) is 0 Å². The van der Waals surface area contributed by atoms with E-state index < -0.39 is 0 Å². The lowest BCUT2D eigenvalue weighted by atomic mass is 10.00. The van der Waals surface area contributed by atoms with E-state index in [1.807, 2.05) is 11.8 Å². The lowest BCUT2D eigenvalue weighted by molar-refractivity contribution is -0.0186. The molecule has 2 nitrogen and oxygen atoms in total. The number of rotatable bonds is 0. The third-order valence-corrected chi connectivity index (χ3v) is 3.63. The number of hydrogen-bond donors (Lipinski definition) is 0. The zero-order valence-electron chi connectivity index (χ0n) is 6.67. The van der Waals surface area contributed by atoms with Gasteiger partial charge in [-0.3, -0.25) is 0 Å². The van der Waals surface area contributed by atoms with E-state index in [1.165, 1.54) is 17.9 Å². The fraction of sp³-hybridized carbons (Fsp3) is 1.00. The maximum absolute atomic E-state index is 5.81. The first-order valence-corrected chi connectivity index (χ1v) is 5.36. The molecule has 0 aromatic carbocycles. The second-order valence-corrected chi connectivity index (χ2v) is 4.30. The average Bonchev–Trinajstić information content (AvgIpc) is 2.32. The Hall–Kier alpha value is 0.270. The molecule has 0 aliphatic carbocycles. The van der Waals surface area contributed by atoms with Gasteiger partial charge in [0.25, 0.3) is 0 Å². The highest BCUT2D eigenvalue weighted by molar-refractivity contribution is 7.99. The average molecular weight is 174 g/mol. The molecule has 0 amide bonds. The summed E-state index contributed by atoms with van der Waals surface area (Å²) in [5, 5.41) is 0. The Morgan fingerprint density at radius 1 is 1.09 bits per heavy atom. The molecule has 2 heterocycles. The summed E-state index contributed by atoms with van der Waals surface area (Å²) in [5.41, 5.74) is 0.196. The van der Waals surface area contributed by atoms with Crippen molar-refractivity contribution >= 4 is 11.8 Å². The van der Waals surface area contributed by atoms with Gasteiger partial charge in [-0.25, -0.2) is 0 Å². The Balaban J connectivity index is 1.97. The van der Waals surface area contributed by atoms with Crippen molar-refractivity contribution in [2.45, 2.75) is 18.4 Å². The van der Waals surface area contributed by atoms with E-state index in [4.69, 9.17) is 9.47 Å². The van der Waals surface area contributed by atoms with E-state index in [2.05, 4.69) is 0 Å². The van der Waals surface area contributed by atoms with Crippen molar-refractivity contribution in [3.05, 3.63) is 0 Å². The highest BCUT2D eigenvalue weighted by atomic mass is 32.2. The molecule has 1 atom stereocenters. The lowest BCUT2D eigenvalue weighted by Crippen LogP contribution is -2.32. The molecule has 2 saturated heterocycles.